The molecular weight excluding hydrogens is 320 g/mol. The second kappa shape index (κ2) is 8.02. The largest absolute Gasteiger partial charge is 0.312 e. The number of fused-ring (bicyclic) bond motifs is 1. The molecule has 1 saturated heterocycles. The van der Waals surface area contributed by atoms with E-state index in [0.717, 1.165) is 35.7 Å². The number of nitrogens with zero attached hydrogens (tertiary/aromatic N) is 3. The van der Waals surface area contributed by atoms with Gasteiger partial charge < -0.3 is 10.2 Å². The molecule has 2 heterocycles. The number of likely N-dealkylation sites (tertiary alicyclic amines) is 1. The second-order valence-corrected chi connectivity index (χ2v) is 7.30. The van der Waals surface area contributed by atoms with Gasteiger partial charge >= 0.3 is 0 Å². The van der Waals surface area contributed by atoms with E-state index in [0.29, 0.717) is 0 Å². The van der Waals surface area contributed by atoms with Crippen molar-refractivity contribution in [2.75, 3.05) is 26.2 Å². The van der Waals surface area contributed by atoms with Crippen LogP contribution in [0.25, 0.3) is 16.7 Å². The number of hydrogen-bond acceptors (Lipinski definition) is 3. The van der Waals surface area contributed by atoms with Crippen LogP contribution in [0.2, 0.25) is 0 Å². The third-order valence-corrected chi connectivity index (χ3v) is 5.48. The van der Waals surface area contributed by atoms with Crippen LogP contribution in [0.1, 0.15) is 25.3 Å². The molecule has 0 saturated carbocycles. The summed E-state index contributed by atoms with van der Waals surface area (Å²) in [6, 6.07) is 17.1. The van der Waals surface area contributed by atoms with E-state index < -0.39 is 0 Å². The zero-order valence-corrected chi connectivity index (χ0v) is 15.6. The average Bonchev–Trinajstić information content (AvgIpc) is 3.13. The highest BCUT2D eigenvalue weighted by atomic mass is 15.1. The van der Waals surface area contributed by atoms with E-state index in [9.17, 15) is 0 Å². The summed E-state index contributed by atoms with van der Waals surface area (Å²) in [5.74, 6) is 0.792. The summed E-state index contributed by atoms with van der Waals surface area (Å²) in [4.78, 5) is 7.05. The van der Waals surface area contributed by atoms with E-state index >= 15 is 0 Å². The molecule has 3 aromatic rings. The lowest BCUT2D eigenvalue weighted by Gasteiger charge is -2.31. The molecule has 0 bridgehead atoms. The van der Waals surface area contributed by atoms with Crippen molar-refractivity contribution in [1.29, 1.82) is 0 Å². The van der Waals surface area contributed by atoms with Gasteiger partial charge in [-0.1, -0.05) is 31.2 Å². The van der Waals surface area contributed by atoms with Crippen LogP contribution < -0.4 is 5.32 Å². The van der Waals surface area contributed by atoms with Gasteiger partial charge in [0.05, 0.1) is 11.0 Å². The van der Waals surface area contributed by atoms with Crippen molar-refractivity contribution in [2.45, 2.75) is 26.3 Å². The summed E-state index contributed by atoms with van der Waals surface area (Å²) >= 11 is 0. The normalized spacial score (nSPS) is 18.4. The van der Waals surface area contributed by atoms with E-state index in [4.69, 9.17) is 0 Å². The summed E-state index contributed by atoms with van der Waals surface area (Å²) in [6.45, 7) is 8.02. The number of rotatable bonds is 6. The first kappa shape index (κ1) is 17.3. The number of para-hydroxylation sites is 2. The van der Waals surface area contributed by atoms with Crippen LogP contribution in [0.4, 0.5) is 0 Å². The van der Waals surface area contributed by atoms with Crippen LogP contribution in [0.5, 0.6) is 0 Å². The van der Waals surface area contributed by atoms with Crippen LogP contribution in [0.3, 0.4) is 0 Å². The van der Waals surface area contributed by atoms with Crippen molar-refractivity contribution in [3.63, 3.8) is 0 Å². The smallest absolute Gasteiger partial charge is 0.100 e. The van der Waals surface area contributed by atoms with Gasteiger partial charge in [-0.15, -0.1) is 0 Å². The molecule has 4 rings (SSSR count). The molecule has 0 spiro atoms. The lowest BCUT2D eigenvalue weighted by molar-refractivity contribution is 0.180. The highest BCUT2D eigenvalue weighted by Gasteiger charge is 2.17. The van der Waals surface area contributed by atoms with Gasteiger partial charge in [0.1, 0.15) is 6.33 Å². The lowest BCUT2D eigenvalue weighted by Crippen LogP contribution is -2.39. The quantitative estimate of drug-likeness (QED) is 0.734. The molecule has 1 aromatic heterocycles. The third-order valence-electron chi connectivity index (χ3n) is 5.48. The van der Waals surface area contributed by atoms with Crippen molar-refractivity contribution in [2.24, 2.45) is 5.92 Å². The van der Waals surface area contributed by atoms with Gasteiger partial charge in [0.15, 0.2) is 0 Å². The molecule has 0 aliphatic carbocycles. The molecule has 1 unspecified atom stereocenters. The molecule has 4 heteroatoms. The van der Waals surface area contributed by atoms with E-state index in [1.807, 2.05) is 12.4 Å². The molecule has 136 valence electrons. The number of nitrogens with one attached hydrogen (secondary N) is 1. The van der Waals surface area contributed by atoms with Crippen molar-refractivity contribution in [3.8, 4) is 5.69 Å². The number of hydrogen-bond donors (Lipinski definition) is 1. The minimum Gasteiger partial charge on any atom is -0.312 e. The van der Waals surface area contributed by atoms with E-state index in [1.165, 1.54) is 38.0 Å². The maximum Gasteiger partial charge on any atom is 0.100 e. The highest BCUT2D eigenvalue weighted by molar-refractivity contribution is 5.77. The summed E-state index contributed by atoms with van der Waals surface area (Å²) in [5.41, 5.74) is 4.68. The second-order valence-electron chi connectivity index (χ2n) is 7.30. The van der Waals surface area contributed by atoms with Crippen LogP contribution in [-0.4, -0.2) is 40.6 Å². The maximum absolute atomic E-state index is 4.48. The van der Waals surface area contributed by atoms with Gasteiger partial charge in [0, 0.05) is 18.8 Å². The van der Waals surface area contributed by atoms with Gasteiger partial charge in [-0.3, -0.25) is 4.57 Å². The van der Waals surface area contributed by atoms with Crippen molar-refractivity contribution in [1.82, 2.24) is 19.8 Å². The number of aromatic nitrogens is 2. The van der Waals surface area contributed by atoms with Gasteiger partial charge in [-0.2, -0.15) is 0 Å². The molecule has 2 aromatic carbocycles. The van der Waals surface area contributed by atoms with Crippen molar-refractivity contribution in [3.05, 3.63) is 60.4 Å². The fraction of sp³-hybridized carbons (Fsp3) is 0.409. The monoisotopic (exact) mass is 348 g/mol. The molecule has 4 nitrogen and oxygen atoms in total. The van der Waals surface area contributed by atoms with Gasteiger partial charge in [-0.05, 0) is 68.2 Å². The van der Waals surface area contributed by atoms with Gasteiger partial charge in [0.2, 0.25) is 0 Å². The Morgan fingerprint density at radius 1 is 1.12 bits per heavy atom. The molecule has 1 fully saturated rings. The summed E-state index contributed by atoms with van der Waals surface area (Å²) in [5, 5.41) is 3.65. The fourth-order valence-electron chi connectivity index (χ4n) is 3.97. The zero-order chi connectivity index (χ0) is 17.8. The molecule has 26 heavy (non-hydrogen) atoms. The summed E-state index contributed by atoms with van der Waals surface area (Å²) in [6.07, 6.45) is 4.60. The highest BCUT2D eigenvalue weighted by Crippen LogP contribution is 2.19. The number of piperidine rings is 1. The predicted octanol–water partition coefficient (Wildman–Crippen LogP) is 3.85. The van der Waals surface area contributed by atoms with Crippen LogP contribution in [0.15, 0.2) is 54.9 Å². The van der Waals surface area contributed by atoms with E-state index in [-0.39, 0.29) is 0 Å². The summed E-state index contributed by atoms with van der Waals surface area (Å²) < 4.78 is 2.15. The van der Waals surface area contributed by atoms with Crippen LogP contribution >= 0.6 is 0 Å². The van der Waals surface area contributed by atoms with Gasteiger partial charge in [0.25, 0.3) is 0 Å². The topological polar surface area (TPSA) is 33.1 Å². The minimum absolute atomic E-state index is 0.792. The SMILES string of the molecule is CCN1CCCC(CNCc2ccc(-n3cnc4ccccc43)cc2)C1. The molecule has 0 radical (unpaired) electrons. The Morgan fingerprint density at radius 3 is 2.81 bits per heavy atom. The fourth-order valence-corrected chi connectivity index (χ4v) is 3.97. The minimum atomic E-state index is 0.792. The first-order chi connectivity index (χ1) is 12.8. The van der Waals surface area contributed by atoms with Gasteiger partial charge in [-0.25, -0.2) is 4.98 Å². The Kier molecular flexibility index (Phi) is 5.32. The summed E-state index contributed by atoms with van der Waals surface area (Å²) in [7, 11) is 0. The first-order valence-corrected chi connectivity index (χ1v) is 9.78. The zero-order valence-electron chi connectivity index (χ0n) is 15.6. The number of benzene rings is 2. The molecule has 1 aliphatic heterocycles. The number of imidazole rings is 1. The molecule has 1 aliphatic rings. The molecular formula is C22H28N4. The molecule has 0 amide bonds. The van der Waals surface area contributed by atoms with Crippen molar-refractivity contribution < 1.29 is 0 Å². The Bertz CT molecular complexity index is 837. The average molecular weight is 348 g/mol. The molecule has 1 N–H and O–H groups in total. The van der Waals surface area contributed by atoms with Crippen LogP contribution in [0, 0.1) is 5.92 Å². The van der Waals surface area contributed by atoms with E-state index in [1.54, 1.807) is 0 Å². The molecule has 1 atom stereocenters. The Hall–Kier alpha value is -2.17. The Labute approximate surface area is 155 Å². The standard InChI is InChI=1S/C22H28N4/c1-2-25-13-5-6-19(16-25)15-23-14-18-9-11-20(12-10-18)26-17-24-21-7-3-4-8-22(21)26/h3-4,7-12,17,19,23H,2,5-6,13-16H2,1H3. The van der Waals surface area contributed by atoms with Crippen molar-refractivity contribution >= 4 is 11.0 Å². The Balaban J connectivity index is 1.35. The first-order valence-electron chi connectivity index (χ1n) is 9.78. The van der Waals surface area contributed by atoms with Crippen LogP contribution in [-0.2, 0) is 6.54 Å². The third kappa shape index (κ3) is 3.81. The maximum atomic E-state index is 4.48. The Morgan fingerprint density at radius 2 is 1.96 bits per heavy atom. The lowest BCUT2D eigenvalue weighted by atomic mass is 9.98. The van der Waals surface area contributed by atoms with E-state index in [2.05, 4.69) is 69.2 Å². The predicted molar refractivity (Wildman–Crippen MR) is 108 cm³/mol.